The Kier molecular flexibility index (Phi) is 8.86. The Balaban J connectivity index is 1.41. The first kappa shape index (κ1) is 25.8. The number of amides is 2. The lowest BCUT2D eigenvalue weighted by Gasteiger charge is -2.14. The minimum absolute atomic E-state index is 0.0631. The number of carbonyl (C=O) groups is 2. The molecule has 182 valence electrons. The van der Waals surface area contributed by atoms with E-state index in [0.717, 1.165) is 23.8 Å². The number of hydrazine groups is 1. The van der Waals surface area contributed by atoms with Gasteiger partial charge in [0, 0.05) is 19.0 Å². The largest absolute Gasteiger partial charge is 0.300 e. The molecule has 1 heterocycles. The van der Waals surface area contributed by atoms with Crippen molar-refractivity contribution in [1.29, 1.82) is 0 Å². The molecule has 0 unspecified atom stereocenters. The number of unbranched alkanes of at least 4 members (excludes halogenated alkanes) is 2. The molecule has 11 nitrogen and oxygen atoms in total. The fraction of sp³-hybridized carbons (Fsp3) is 0.227. The van der Waals surface area contributed by atoms with Crippen LogP contribution in [0.25, 0.3) is 6.08 Å². The van der Waals surface area contributed by atoms with Gasteiger partial charge in [-0.25, -0.2) is 0 Å². The first-order valence-electron chi connectivity index (χ1n) is 10.5. The van der Waals surface area contributed by atoms with E-state index in [2.05, 4.69) is 10.9 Å². The molecule has 2 N–H and O–H groups in total. The van der Waals surface area contributed by atoms with E-state index in [1.807, 2.05) is 36.4 Å². The molecule has 0 aliphatic carbocycles. The fourth-order valence-corrected chi connectivity index (χ4v) is 4.52. The zero-order valence-corrected chi connectivity index (χ0v) is 20.0. The number of nitrogens with one attached hydrogen (secondary N) is 2. The monoisotopic (exact) mass is 515 g/mol. The summed E-state index contributed by atoms with van der Waals surface area (Å²) in [7, 11) is 0. The molecule has 0 atom stereocenters. The van der Waals surface area contributed by atoms with Gasteiger partial charge in [-0.15, -0.1) is 0 Å². The molecule has 0 saturated carbocycles. The molecule has 1 fully saturated rings. The number of rotatable bonds is 11. The Morgan fingerprint density at radius 3 is 2.49 bits per heavy atom. The molecule has 2 aromatic carbocycles. The quantitative estimate of drug-likeness (QED) is 0.146. The third-order valence-corrected chi connectivity index (χ3v) is 6.36. The number of nitro benzene ring substituents is 2. The van der Waals surface area contributed by atoms with Gasteiger partial charge in [-0.2, -0.15) is 0 Å². The highest BCUT2D eigenvalue weighted by Crippen LogP contribution is 2.33. The van der Waals surface area contributed by atoms with Crippen LogP contribution in [0.1, 0.15) is 31.2 Å². The van der Waals surface area contributed by atoms with Gasteiger partial charge in [-0.1, -0.05) is 60.7 Å². The molecule has 0 radical (unpaired) electrons. The zero-order valence-electron chi connectivity index (χ0n) is 18.3. The minimum Gasteiger partial charge on any atom is -0.293 e. The Hall–Kier alpha value is -3.84. The van der Waals surface area contributed by atoms with Crippen molar-refractivity contribution < 1.29 is 19.4 Å². The van der Waals surface area contributed by atoms with Gasteiger partial charge in [0.05, 0.1) is 20.8 Å². The number of anilines is 1. The van der Waals surface area contributed by atoms with E-state index in [4.69, 9.17) is 12.2 Å². The number of hydrogen-bond donors (Lipinski definition) is 2. The average Bonchev–Trinajstić information content (AvgIpc) is 3.10. The van der Waals surface area contributed by atoms with E-state index in [0.29, 0.717) is 35.0 Å². The molecule has 0 spiro atoms. The van der Waals surface area contributed by atoms with E-state index < -0.39 is 27.1 Å². The smallest absolute Gasteiger partial charge is 0.293 e. The van der Waals surface area contributed by atoms with E-state index in [1.54, 1.807) is 4.90 Å². The molecule has 3 rings (SSSR count). The lowest BCUT2D eigenvalue weighted by Crippen LogP contribution is -2.30. The molecule has 35 heavy (non-hydrogen) atoms. The van der Waals surface area contributed by atoms with Crippen molar-refractivity contribution in [3.63, 3.8) is 0 Å². The number of non-ortho nitro benzene ring substituents is 1. The second-order valence-corrected chi connectivity index (χ2v) is 9.12. The highest BCUT2D eigenvalue weighted by Gasteiger charge is 2.31. The van der Waals surface area contributed by atoms with Gasteiger partial charge in [0.2, 0.25) is 5.91 Å². The maximum atomic E-state index is 12.6. The molecule has 13 heteroatoms. The van der Waals surface area contributed by atoms with Crippen LogP contribution in [0.3, 0.4) is 0 Å². The maximum Gasteiger partial charge on any atom is 0.300 e. The van der Waals surface area contributed by atoms with E-state index >= 15 is 0 Å². The second-order valence-electron chi connectivity index (χ2n) is 7.44. The molecule has 0 bridgehead atoms. The van der Waals surface area contributed by atoms with Gasteiger partial charge in [-0.05, 0) is 30.5 Å². The fourth-order valence-electron chi connectivity index (χ4n) is 3.22. The summed E-state index contributed by atoms with van der Waals surface area (Å²) < 4.78 is 0.504. The number of thiocarbonyl (C=S) groups is 1. The van der Waals surface area contributed by atoms with Gasteiger partial charge in [0.1, 0.15) is 10.0 Å². The molecule has 2 aromatic rings. The molecule has 2 amide bonds. The van der Waals surface area contributed by atoms with Crippen LogP contribution in [0.5, 0.6) is 0 Å². The lowest BCUT2D eigenvalue weighted by molar-refractivity contribution is -0.393. The van der Waals surface area contributed by atoms with Crippen LogP contribution in [0, 0.1) is 20.2 Å². The summed E-state index contributed by atoms with van der Waals surface area (Å²) in [6.07, 6.45) is 3.82. The van der Waals surface area contributed by atoms with E-state index in [9.17, 15) is 29.8 Å². The van der Waals surface area contributed by atoms with Crippen LogP contribution in [0.15, 0.2) is 53.4 Å². The predicted octanol–water partition coefficient (Wildman–Crippen LogP) is 4.41. The number of hydrogen-bond acceptors (Lipinski definition) is 9. The molecule has 0 aromatic heterocycles. The van der Waals surface area contributed by atoms with Crippen LogP contribution in [0.2, 0.25) is 0 Å². The Morgan fingerprint density at radius 1 is 1.06 bits per heavy atom. The summed E-state index contributed by atoms with van der Waals surface area (Å²) in [5.74, 6) is -0.524. The van der Waals surface area contributed by atoms with Crippen molar-refractivity contribution in [2.75, 3.05) is 12.0 Å². The molecular weight excluding hydrogens is 494 g/mol. The van der Waals surface area contributed by atoms with Crippen LogP contribution < -0.4 is 10.9 Å². The van der Waals surface area contributed by atoms with Crippen molar-refractivity contribution in [1.82, 2.24) is 10.3 Å². The van der Waals surface area contributed by atoms with Gasteiger partial charge >= 0.3 is 5.69 Å². The van der Waals surface area contributed by atoms with E-state index in [1.165, 1.54) is 11.8 Å². The van der Waals surface area contributed by atoms with Gasteiger partial charge in [-0.3, -0.25) is 45.6 Å². The molecular formula is C22H21N5O6S2. The SMILES string of the molecule is O=C(CCCCCN1C(=O)/C(=C/c2ccccc2)SC1=S)NNc1ccc([N+](=O)[O-])cc1[N+](=O)[O-]. The summed E-state index contributed by atoms with van der Waals surface area (Å²) >= 11 is 6.60. The zero-order chi connectivity index (χ0) is 25.4. The number of thioether (sulfide) groups is 1. The van der Waals surface area contributed by atoms with Crippen molar-refractivity contribution in [2.24, 2.45) is 0 Å². The van der Waals surface area contributed by atoms with E-state index in [-0.39, 0.29) is 18.0 Å². The average molecular weight is 516 g/mol. The Bertz CT molecular complexity index is 1190. The first-order chi connectivity index (χ1) is 16.8. The first-order valence-corrected chi connectivity index (χ1v) is 11.8. The summed E-state index contributed by atoms with van der Waals surface area (Å²) in [4.78, 5) is 47.3. The van der Waals surface area contributed by atoms with Crippen LogP contribution in [-0.4, -0.2) is 37.4 Å². The standard InChI is InChI=1S/C22H21N5O6S2/c28-20(24-23-17-11-10-16(26(30)31)14-18(17)27(32)33)9-5-2-6-12-25-21(29)19(35-22(25)34)13-15-7-3-1-4-8-15/h1,3-4,7-8,10-11,13-14,23H,2,5-6,9,12H2,(H,24,28)/b19-13-. The second kappa shape index (κ2) is 12.0. The molecule has 1 aliphatic heterocycles. The lowest BCUT2D eigenvalue weighted by atomic mass is 10.2. The van der Waals surface area contributed by atoms with Crippen molar-refractivity contribution in [2.45, 2.75) is 25.7 Å². The van der Waals surface area contributed by atoms with Crippen molar-refractivity contribution >= 4 is 63.3 Å². The summed E-state index contributed by atoms with van der Waals surface area (Å²) in [6.45, 7) is 0.450. The number of carbonyl (C=O) groups excluding carboxylic acids is 2. The van der Waals surface area contributed by atoms with Crippen LogP contribution in [0.4, 0.5) is 17.1 Å². The normalized spacial score (nSPS) is 14.3. The topological polar surface area (TPSA) is 148 Å². The summed E-state index contributed by atoms with van der Waals surface area (Å²) in [5, 5.41) is 21.9. The third-order valence-electron chi connectivity index (χ3n) is 4.98. The highest BCUT2D eigenvalue weighted by molar-refractivity contribution is 8.26. The van der Waals surface area contributed by atoms with Crippen molar-refractivity contribution in [3.8, 4) is 0 Å². The Morgan fingerprint density at radius 2 is 1.80 bits per heavy atom. The highest BCUT2D eigenvalue weighted by atomic mass is 32.2. The number of nitrogens with zero attached hydrogens (tertiary/aromatic N) is 3. The predicted molar refractivity (Wildman–Crippen MR) is 136 cm³/mol. The molecule has 1 aliphatic rings. The number of nitro groups is 2. The summed E-state index contributed by atoms with van der Waals surface area (Å²) in [6, 6.07) is 12.6. The minimum atomic E-state index is -0.773. The molecule has 1 saturated heterocycles. The van der Waals surface area contributed by atoms with Crippen LogP contribution >= 0.6 is 24.0 Å². The number of benzene rings is 2. The maximum absolute atomic E-state index is 12.6. The third kappa shape index (κ3) is 7.07. The van der Waals surface area contributed by atoms with Gasteiger partial charge < -0.3 is 0 Å². The van der Waals surface area contributed by atoms with Crippen molar-refractivity contribution in [3.05, 3.63) is 79.2 Å². The summed E-state index contributed by atoms with van der Waals surface area (Å²) in [5.41, 5.74) is 4.71. The van der Waals surface area contributed by atoms with Crippen LogP contribution in [-0.2, 0) is 9.59 Å². The Labute approximate surface area is 209 Å². The van der Waals surface area contributed by atoms with Gasteiger partial charge in [0.25, 0.3) is 11.6 Å². The van der Waals surface area contributed by atoms with Gasteiger partial charge in [0.15, 0.2) is 0 Å².